The molecule has 3 nitrogen and oxygen atoms in total. The first-order valence-corrected chi connectivity index (χ1v) is 5.57. The Hall–Kier alpha value is -1.35. The van der Waals surface area contributed by atoms with Crippen LogP contribution in [0.4, 0.5) is 0 Å². The van der Waals surface area contributed by atoms with Gasteiger partial charge in [0.2, 0.25) is 0 Å². The summed E-state index contributed by atoms with van der Waals surface area (Å²) in [5.41, 5.74) is 3.39. The van der Waals surface area contributed by atoms with Crippen molar-refractivity contribution >= 4 is 5.97 Å². The predicted octanol–water partition coefficient (Wildman–Crippen LogP) is 2.43. The normalized spacial score (nSPS) is 12.4. The number of carbonyl (C=O) groups is 1. The quantitative estimate of drug-likeness (QED) is 0.802. The van der Waals surface area contributed by atoms with Gasteiger partial charge in [0.15, 0.2) is 0 Å². The van der Waals surface area contributed by atoms with Crippen molar-refractivity contribution in [2.45, 2.75) is 33.2 Å². The molecule has 1 aromatic rings. The topological polar surface area (TPSA) is 49.3 Å². The fourth-order valence-electron chi connectivity index (χ4n) is 1.85. The van der Waals surface area contributed by atoms with E-state index in [2.05, 4.69) is 11.4 Å². The minimum atomic E-state index is -0.771. The second-order valence-corrected chi connectivity index (χ2v) is 4.07. The zero-order valence-electron chi connectivity index (χ0n) is 10.1. The predicted molar refractivity (Wildman–Crippen MR) is 64.6 cm³/mol. The second kappa shape index (κ2) is 5.66. The van der Waals surface area contributed by atoms with Gasteiger partial charge in [-0.1, -0.05) is 30.7 Å². The van der Waals surface area contributed by atoms with Crippen LogP contribution >= 0.6 is 0 Å². The highest BCUT2D eigenvalue weighted by Crippen LogP contribution is 2.22. The summed E-state index contributed by atoms with van der Waals surface area (Å²) >= 11 is 0. The van der Waals surface area contributed by atoms with Crippen LogP contribution in [-0.2, 0) is 4.79 Å². The summed E-state index contributed by atoms with van der Waals surface area (Å²) in [5, 5.41) is 12.1. The van der Waals surface area contributed by atoms with Crippen LogP contribution in [0, 0.1) is 13.8 Å². The average Bonchev–Trinajstić information content (AvgIpc) is 2.20. The Kier molecular flexibility index (Phi) is 4.50. The van der Waals surface area contributed by atoms with Gasteiger partial charge in [-0.2, -0.15) is 0 Å². The number of carboxylic acids is 1. The molecule has 1 atom stereocenters. The average molecular weight is 221 g/mol. The van der Waals surface area contributed by atoms with Gasteiger partial charge >= 0.3 is 5.97 Å². The summed E-state index contributed by atoms with van der Waals surface area (Å²) in [4.78, 5) is 10.8. The van der Waals surface area contributed by atoms with Crippen LogP contribution in [0.25, 0.3) is 0 Å². The van der Waals surface area contributed by atoms with Crippen LogP contribution in [-0.4, -0.2) is 17.6 Å². The third-order valence-electron chi connectivity index (χ3n) is 2.64. The van der Waals surface area contributed by atoms with Crippen LogP contribution in [0.15, 0.2) is 18.2 Å². The smallest absolute Gasteiger partial charge is 0.305 e. The van der Waals surface area contributed by atoms with E-state index in [0.717, 1.165) is 23.2 Å². The molecular weight excluding hydrogens is 202 g/mol. The largest absolute Gasteiger partial charge is 0.481 e. The summed E-state index contributed by atoms with van der Waals surface area (Å²) in [5.74, 6) is -0.771. The maximum absolute atomic E-state index is 10.8. The number of rotatable bonds is 5. The molecule has 0 aliphatic carbocycles. The summed E-state index contributed by atoms with van der Waals surface area (Å²) in [6, 6.07) is 6.05. The molecule has 0 bridgehead atoms. The fourth-order valence-corrected chi connectivity index (χ4v) is 1.85. The lowest BCUT2D eigenvalue weighted by Crippen LogP contribution is -2.24. The van der Waals surface area contributed by atoms with Gasteiger partial charge in [0.25, 0.3) is 0 Å². The summed E-state index contributed by atoms with van der Waals surface area (Å²) in [6.45, 7) is 6.79. The molecule has 1 rings (SSSR count). The van der Waals surface area contributed by atoms with E-state index in [1.165, 1.54) is 0 Å². The molecule has 0 saturated carbocycles. The highest BCUT2D eigenvalue weighted by atomic mass is 16.4. The molecule has 1 unspecified atom stereocenters. The van der Waals surface area contributed by atoms with E-state index in [-0.39, 0.29) is 12.5 Å². The van der Waals surface area contributed by atoms with Crippen molar-refractivity contribution in [2.24, 2.45) is 0 Å². The minimum absolute atomic E-state index is 0.0950. The van der Waals surface area contributed by atoms with Gasteiger partial charge < -0.3 is 10.4 Å². The first-order chi connectivity index (χ1) is 7.54. The molecule has 0 heterocycles. The first-order valence-electron chi connectivity index (χ1n) is 5.57. The SMILES string of the molecule is CCNC(CC(=O)O)c1cc(C)ccc1C. The van der Waals surface area contributed by atoms with Gasteiger partial charge in [0, 0.05) is 6.04 Å². The molecule has 0 saturated heterocycles. The summed E-state index contributed by atoms with van der Waals surface area (Å²) in [7, 11) is 0. The lowest BCUT2D eigenvalue weighted by atomic mass is 9.97. The Morgan fingerprint density at radius 3 is 2.69 bits per heavy atom. The molecule has 0 aliphatic rings. The number of carboxylic acid groups (broad SMARTS) is 1. The first kappa shape index (κ1) is 12.7. The Morgan fingerprint density at radius 1 is 1.44 bits per heavy atom. The maximum Gasteiger partial charge on any atom is 0.305 e. The van der Waals surface area contributed by atoms with E-state index in [4.69, 9.17) is 5.11 Å². The van der Waals surface area contributed by atoms with Crippen LogP contribution in [0.3, 0.4) is 0 Å². The van der Waals surface area contributed by atoms with Crippen molar-refractivity contribution in [3.8, 4) is 0 Å². The Morgan fingerprint density at radius 2 is 2.12 bits per heavy atom. The van der Waals surface area contributed by atoms with Crippen molar-refractivity contribution in [1.29, 1.82) is 0 Å². The molecule has 2 N–H and O–H groups in total. The van der Waals surface area contributed by atoms with E-state index in [0.29, 0.717) is 0 Å². The van der Waals surface area contributed by atoms with Gasteiger partial charge in [0.05, 0.1) is 6.42 Å². The zero-order chi connectivity index (χ0) is 12.1. The van der Waals surface area contributed by atoms with Crippen LogP contribution < -0.4 is 5.32 Å². The van der Waals surface area contributed by atoms with Gasteiger partial charge in [-0.25, -0.2) is 0 Å². The van der Waals surface area contributed by atoms with Crippen LogP contribution in [0.1, 0.15) is 36.1 Å². The van der Waals surface area contributed by atoms with E-state index in [1.807, 2.05) is 32.9 Å². The van der Waals surface area contributed by atoms with Crippen LogP contribution in [0.5, 0.6) is 0 Å². The third kappa shape index (κ3) is 3.35. The van der Waals surface area contributed by atoms with Gasteiger partial charge in [-0.05, 0) is 31.5 Å². The molecule has 0 aliphatic heterocycles. The molecular formula is C13H19NO2. The lowest BCUT2D eigenvalue weighted by molar-refractivity contribution is -0.137. The standard InChI is InChI=1S/C13H19NO2/c1-4-14-12(8-13(15)16)11-7-9(2)5-6-10(11)3/h5-7,12,14H,4,8H2,1-3H3,(H,15,16). The van der Waals surface area contributed by atoms with Gasteiger partial charge in [0.1, 0.15) is 0 Å². The lowest BCUT2D eigenvalue weighted by Gasteiger charge is -2.19. The molecule has 1 aromatic carbocycles. The van der Waals surface area contributed by atoms with Crippen molar-refractivity contribution in [1.82, 2.24) is 5.32 Å². The van der Waals surface area contributed by atoms with Crippen molar-refractivity contribution in [3.05, 3.63) is 34.9 Å². The third-order valence-corrected chi connectivity index (χ3v) is 2.64. The molecule has 0 radical (unpaired) electrons. The second-order valence-electron chi connectivity index (χ2n) is 4.07. The maximum atomic E-state index is 10.8. The molecule has 3 heteroatoms. The Labute approximate surface area is 96.5 Å². The van der Waals surface area contributed by atoms with Crippen molar-refractivity contribution < 1.29 is 9.90 Å². The molecule has 0 amide bonds. The van der Waals surface area contributed by atoms with E-state index in [1.54, 1.807) is 0 Å². The van der Waals surface area contributed by atoms with Crippen molar-refractivity contribution in [3.63, 3.8) is 0 Å². The molecule has 0 spiro atoms. The van der Waals surface area contributed by atoms with E-state index >= 15 is 0 Å². The van der Waals surface area contributed by atoms with Gasteiger partial charge in [-0.15, -0.1) is 0 Å². The Balaban J connectivity index is 2.99. The highest BCUT2D eigenvalue weighted by molar-refractivity contribution is 5.68. The number of nitrogens with one attached hydrogen (secondary N) is 1. The van der Waals surface area contributed by atoms with Crippen LogP contribution in [0.2, 0.25) is 0 Å². The molecule has 0 fully saturated rings. The monoisotopic (exact) mass is 221 g/mol. The van der Waals surface area contributed by atoms with E-state index in [9.17, 15) is 4.79 Å². The number of benzene rings is 1. The number of hydrogen-bond donors (Lipinski definition) is 2. The number of aryl methyl sites for hydroxylation is 2. The number of hydrogen-bond acceptors (Lipinski definition) is 2. The minimum Gasteiger partial charge on any atom is -0.481 e. The summed E-state index contributed by atoms with van der Waals surface area (Å²) in [6.07, 6.45) is 0.123. The van der Waals surface area contributed by atoms with Crippen molar-refractivity contribution in [2.75, 3.05) is 6.54 Å². The fraction of sp³-hybridized carbons (Fsp3) is 0.462. The summed E-state index contributed by atoms with van der Waals surface area (Å²) < 4.78 is 0. The Bertz CT molecular complexity index is 374. The van der Waals surface area contributed by atoms with E-state index < -0.39 is 5.97 Å². The molecule has 0 aromatic heterocycles. The zero-order valence-corrected chi connectivity index (χ0v) is 10.1. The molecule has 88 valence electrons. The molecule has 16 heavy (non-hydrogen) atoms. The number of aliphatic carboxylic acids is 1. The highest BCUT2D eigenvalue weighted by Gasteiger charge is 2.16. The van der Waals surface area contributed by atoms with Gasteiger partial charge in [-0.3, -0.25) is 4.79 Å².